The van der Waals surface area contributed by atoms with Crippen molar-refractivity contribution in [3.05, 3.63) is 34.1 Å². The fourth-order valence-electron chi connectivity index (χ4n) is 1.96. The standard InChI is InChI=1S/C13H15BrFNOS/c14-11-3-1-2-10(12(11)15)13(17)16-8-9-4-6-18-7-5-9/h1-3,9H,4-8H2,(H,16,17). The van der Waals surface area contributed by atoms with Crippen LogP contribution in [-0.4, -0.2) is 24.0 Å². The molecule has 0 radical (unpaired) electrons. The van der Waals surface area contributed by atoms with Gasteiger partial charge in [0.05, 0.1) is 10.0 Å². The van der Waals surface area contributed by atoms with Crippen molar-refractivity contribution >= 4 is 33.6 Å². The number of carbonyl (C=O) groups is 1. The molecule has 1 heterocycles. The molecule has 1 amide bonds. The van der Waals surface area contributed by atoms with Gasteiger partial charge in [0.25, 0.3) is 5.91 Å². The highest BCUT2D eigenvalue weighted by Gasteiger charge is 2.17. The Morgan fingerprint density at radius 2 is 2.17 bits per heavy atom. The Kier molecular flexibility index (Phi) is 5.06. The molecule has 98 valence electrons. The van der Waals surface area contributed by atoms with Crippen LogP contribution in [0.5, 0.6) is 0 Å². The summed E-state index contributed by atoms with van der Waals surface area (Å²) in [6.45, 7) is 0.644. The van der Waals surface area contributed by atoms with E-state index in [1.165, 1.54) is 6.07 Å². The summed E-state index contributed by atoms with van der Waals surface area (Å²) in [6.07, 6.45) is 2.26. The minimum Gasteiger partial charge on any atom is -0.352 e. The molecule has 5 heteroatoms. The second-order valence-electron chi connectivity index (χ2n) is 4.37. The summed E-state index contributed by atoms with van der Waals surface area (Å²) < 4.78 is 14.0. The van der Waals surface area contributed by atoms with E-state index in [0.717, 1.165) is 24.3 Å². The molecule has 1 aliphatic rings. The summed E-state index contributed by atoms with van der Waals surface area (Å²) in [4.78, 5) is 11.9. The molecule has 0 atom stereocenters. The lowest BCUT2D eigenvalue weighted by Gasteiger charge is -2.21. The van der Waals surface area contributed by atoms with Gasteiger partial charge in [-0.05, 0) is 58.3 Å². The summed E-state index contributed by atoms with van der Waals surface area (Å²) in [5.74, 6) is 2.03. The van der Waals surface area contributed by atoms with Crippen LogP contribution in [0, 0.1) is 11.7 Å². The van der Waals surface area contributed by atoms with Gasteiger partial charge < -0.3 is 5.32 Å². The highest BCUT2D eigenvalue weighted by molar-refractivity contribution is 9.10. The van der Waals surface area contributed by atoms with E-state index < -0.39 is 5.82 Å². The monoisotopic (exact) mass is 331 g/mol. The van der Waals surface area contributed by atoms with E-state index in [2.05, 4.69) is 21.2 Å². The third-order valence-electron chi connectivity index (χ3n) is 3.09. The van der Waals surface area contributed by atoms with Crippen molar-refractivity contribution in [3.63, 3.8) is 0 Å². The smallest absolute Gasteiger partial charge is 0.254 e. The number of rotatable bonds is 3. The van der Waals surface area contributed by atoms with Crippen molar-refractivity contribution in [2.24, 2.45) is 5.92 Å². The summed E-state index contributed by atoms with van der Waals surface area (Å²) >= 11 is 5.04. The highest BCUT2D eigenvalue weighted by atomic mass is 79.9. The molecule has 0 saturated carbocycles. The minimum absolute atomic E-state index is 0.106. The summed E-state index contributed by atoms with van der Waals surface area (Å²) in [5.41, 5.74) is 0.106. The molecule has 1 aromatic carbocycles. The molecular weight excluding hydrogens is 317 g/mol. The molecule has 0 spiro atoms. The van der Waals surface area contributed by atoms with Crippen LogP contribution in [0.15, 0.2) is 22.7 Å². The number of hydrogen-bond donors (Lipinski definition) is 1. The Hall–Kier alpha value is -0.550. The highest BCUT2D eigenvalue weighted by Crippen LogP contribution is 2.22. The third kappa shape index (κ3) is 3.48. The second kappa shape index (κ2) is 6.57. The van der Waals surface area contributed by atoms with Crippen molar-refractivity contribution < 1.29 is 9.18 Å². The zero-order chi connectivity index (χ0) is 13.0. The zero-order valence-electron chi connectivity index (χ0n) is 9.92. The summed E-state index contributed by atoms with van der Waals surface area (Å²) in [7, 11) is 0. The Morgan fingerprint density at radius 3 is 2.89 bits per heavy atom. The lowest BCUT2D eigenvalue weighted by atomic mass is 10.0. The summed E-state index contributed by atoms with van der Waals surface area (Å²) in [5, 5.41) is 2.83. The van der Waals surface area contributed by atoms with Gasteiger partial charge in [0.15, 0.2) is 0 Å². The first-order valence-corrected chi connectivity index (χ1v) is 7.93. The molecule has 0 bridgehead atoms. The predicted octanol–water partition coefficient (Wildman–Crippen LogP) is 3.46. The van der Waals surface area contributed by atoms with Crippen LogP contribution >= 0.6 is 27.7 Å². The largest absolute Gasteiger partial charge is 0.352 e. The Labute approximate surface area is 119 Å². The fourth-order valence-corrected chi connectivity index (χ4v) is 3.53. The second-order valence-corrected chi connectivity index (χ2v) is 6.45. The van der Waals surface area contributed by atoms with Gasteiger partial charge in [-0.3, -0.25) is 4.79 Å². The molecule has 0 aliphatic carbocycles. The van der Waals surface area contributed by atoms with Crippen LogP contribution in [0.4, 0.5) is 4.39 Å². The Bertz CT molecular complexity index is 435. The van der Waals surface area contributed by atoms with Gasteiger partial charge in [0.1, 0.15) is 5.82 Å². The van der Waals surface area contributed by atoms with Crippen molar-refractivity contribution in [3.8, 4) is 0 Å². The molecule has 18 heavy (non-hydrogen) atoms. The number of carbonyl (C=O) groups excluding carboxylic acids is 1. The van der Waals surface area contributed by atoms with Crippen LogP contribution in [0.1, 0.15) is 23.2 Å². The van der Waals surface area contributed by atoms with E-state index in [-0.39, 0.29) is 11.5 Å². The van der Waals surface area contributed by atoms with E-state index in [1.54, 1.807) is 12.1 Å². The lowest BCUT2D eigenvalue weighted by Crippen LogP contribution is -2.31. The first kappa shape index (κ1) is 13.9. The molecule has 1 aromatic rings. The average molecular weight is 332 g/mol. The van der Waals surface area contributed by atoms with E-state index in [1.807, 2.05) is 11.8 Å². The molecular formula is C13H15BrFNOS. The zero-order valence-corrected chi connectivity index (χ0v) is 12.3. The maximum atomic E-state index is 13.7. The SMILES string of the molecule is O=C(NCC1CCSCC1)c1cccc(Br)c1F. The molecule has 0 aromatic heterocycles. The first-order valence-electron chi connectivity index (χ1n) is 5.98. The Morgan fingerprint density at radius 1 is 1.44 bits per heavy atom. The van der Waals surface area contributed by atoms with Gasteiger partial charge in [-0.15, -0.1) is 0 Å². The molecule has 2 nitrogen and oxygen atoms in total. The number of nitrogens with one attached hydrogen (secondary N) is 1. The number of halogens is 2. The van der Waals surface area contributed by atoms with Gasteiger partial charge in [-0.25, -0.2) is 4.39 Å². The molecule has 1 fully saturated rings. The number of thioether (sulfide) groups is 1. The van der Waals surface area contributed by atoms with Gasteiger partial charge in [-0.1, -0.05) is 6.07 Å². The van der Waals surface area contributed by atoms with E-state index in [0.29, 0.717) is 16.9 Å². The number of amides is 1. The summed E-state index contributed by atoms with van der Waals surface area (Å²) in [6, 6.07) is 4.76. The maximum absolute atomic E-state index is 13.7. The quantitative estimate of drug-likeness (QED) is 0.918. The predicted molar refractivity (Wildman–Crippen MR) is 76.5 cm³/mol. The fraction of sp³-hybridized carbons (Fsp3) is 0.462. The van der Waals surface area contributed by atoms with Gasteiger partial charge >= 0.3 is 0 Å². The van der Waals surface area contributed by atoms with Crippen LogP contribution in [0.3, 0.4) is 0 Å². The molecule has 1 saturated heterocycles. The van der Waals surface area contributed by atoms with E-state index >= 15 is 0 Å². The minimum atomic E-state index is -0.491. The van der Waals surface area contributed by atoms with Crippen molar-refractivity contribution in [1.29, 1.82) is 0 Å². The molecule has 0 unspecified atom stereocenters. The first-order chi connectivity index (χ1) is 8.68. The maximum Gasteiger partial charge on any atom is 0.254 e. The van der Waals surface area contributed by atoms with Crippen molar-refractivity contribution in [2.75, 3.05) is 18.1 Å². The van der Waals surface area contributed by atoms with E-state index in [4.69, 9.17) is 0 Å². The van der Waals surface area contributed by atoms with E-state index in [9.17, 15) is 9.18 Å². The average Bonchev–Trinajstić information content (AvgIpc) is 2.40. The molecule has 2 rings (SSSR count). The van der Waals surface area contributed by atoms with Gasteiger partial charge in [0, 0.05) is 6.54 Å². The van der Waals surface area contributed by atoms with Crippen molar-refractivity contribution in [2.45, 2.75) is 12.8 Å². The molecule has 1 N–H and O–H groups in total. The third-order valence-corrected chi connectivity index (χ3v) is 4.75. The topological polar surface area (TPSA) is 29.1 Å². The Balaban J connectivity index is 1.93. The number of benzene rings is 1. The van der Waals surface area contributed by atoms with Crippen LogP contribution in [-0.2, 0) is 0 Å². The lowest BCUT2D eigenvalue weighted by molar-refractivity contribution is 0.0942. The van der Waals surface area contributed by atoms with Crippen LogP contribution in [0.2, 0.25) is 0 Å². The van der Waals surface area contributed by atoms with Gasteiger partial charge in [0.2, 0.25) is 0 Å². The van der Waals surface area contributed by atoms with Crippen LogP contribution in [0.25, 0.3) is 0 Å². The van der Waals surface area contributed by atoms with Crippen LogP contribution < -0.4 is 5.32 Å². The van der Waals surface area contributed by atoms with Crippen molar-refractivity contribution in [1.82, 2.24) is 5.32 Å². The normalized spacial score (nSPS) is 16.6. The molecule has 1 aliphatic heterocycles. The van der Waals surface area contributed by atoms with Gasteiger partial charge in [-0.2, -0.15) is 11.8 Å². The number of hydrogen-bond acceptors (Lipinski definition) is 2.